The van der Waals surface area contributed by atoms with E-state index >= 15 is 0 Å². The summed E-state index contributed by atoms with van der Waals surface area (Å²) in [5.41, 5.74) is 2.84. The van der Waals surface area contributed by atoms with Gasteiger partial charge in [0.2, 0.25) is 5.91 Å². The molecule has 2 rings (SSSR count). The van der Waals surface area contributed by atoms with Crippen LogP contribution >= 0.6 is 0 Å². The molecule has 0 aromatic carbocycles. The van der Waals surface area contributed by atoms with Crippen LogP contribution in [0.3, 0.4) is 0 Å². The Kier molecular flexibility index (Phi) is 3.55. The van der Waals surface area contributed by atoms with Crippen LogP contribution in [0.1, 0.15) is 54.5 Å². The Morgan fingerprint density at radius 3 is 2.89 bits per heavy atom. The number of hydrogen-bond donors (Lipinski definition) is 1. The summed E-state index contributed by atoms with van der Waals surface area (Å²) in [7, 11) is 0. The Balaban J connectivity index is 2.39. The van der Waals surface area contributed by atoms with Crippen LogP contribution in [-0.2, 0) is 11.2 Å². The maximum absolute atomic E-state index is 11.9. The molecule has 0 aliphatic heterocycles. The zero-order valence-corrected chi connectivity index (χ0v) is 11.2. The van der Waals surface area contributed by atoms with Gasteiger partial charge in [-0.1, -0.05) is 0 Å². The summed E-state index contributed by atoms with van der Waals surface area (Å²) in [6.07, 6.45) is 2.40. The van der Waals surface area contributed by atoms with E-state index in [0.29, 0.717) is 13.0 Å². The lowest BCUT2D eigenvalue weighted by Gasteiger charge is -2.21. The molecule has 0 bridgehead atoms. The molecule has 1 aromatic rings. The van der Waals surface area contributed by atoms with Crippen LogP contribution in [0.25, 0.3) is 0 Å². The molecule has 0 saturated carbocycles. The first-order valence-electron chi connectivity index (χ1n) is 6.57. The van der Waals surface area contributed by atoms with Crippen molar-refractivity contribution in [1.82, 2.24) is 9.88 Å². The predicted molar refractivity (Wildman–Crippen MR) is 69.8 cm³/mol. The lowest BCUT2D eigenvalue weighted by Crippen LogP contribution is -2.32. The van der Waals surface area contributed by atoms with Crippen molar-refractivity contribution < 1.29 is 9.59 Å². The summed E-state index contributed by atoms with van der Waals surface area (Å²) in [5.74, 6) is 0.221. The molecule has 1 unspecified atom stereocenters. The average molecular weight is 248 g/mol. The Morgan fingerprint density at radius 2 is 2.22 bits per heavy atom. The van der Waals surface area contributed by atoms with Gasteiger partial charge in [-0.05, 0) is 39.7 Å². The number of fused-ring (bicyclic) bond motifs is 1. The number of aryl methyl sites for hydroxylation is 1. The minimum Gasteiger partial charge on any atom is -0.355 e. The molecule has 18 heavy (non-hydrogen) atoms. The molecule has 98 valence electrons. The molecule has 0 spiro atoms. The molecule has 1 amide bonds. The number of carbonyl (C=O) groups is 2. The monoisotopic (exact) mass is 248 g/mol. The van der Waals surface area contributed by atoms with Crippen LogP contribution in [0.5, 0.6) is 0 Å². The summed E-state index contributed by atoms with van der Waals surface area (Å²) >= 11 is 0. The fourth-order valence-corrected chi connectivity index (χ4v) is 2.73. The first-order valence-corrected chi connectivity index (χ1v) is 6.57. The van der Waals surface area contributed by atoms with Crippen molar-refractivity contribution in [2.24, 2.45) is 0 Å². The molecule has 0 radical (unpaired) electrons. The number of nitrogens with one attached hydrogen (secondary N) is 1. The second-order valence-electron chi connectivity index (χ2n) is 4.86. The highest BCUT2D eigenvalue weighted by Gasteiger charge is 2.26. The Bertz CT molecular complexity index is 488. The van der Waals surface area contributed by atoms with Gasteiger partial charge in [0, 0.05) is 29.9 Å². The molecule has 1 aliphatic carbocycles. The van der Waals surface area contributed by atoms with Gasteiger partial charge in [0.25, 0.3) is 0 Å². The smallest absolute Gasteiger partial charge is 0.242 e. The van der Waals surface area contributed by atoms with E-state index < -0.39 is 0 Å². The summed E-state index contributed by atoms with van der Waals surface area (Å²) in [4.78, 5) is 23.8. The van der Waals surface area contributed by atoms with Gasteiger partial charge in [-0.15, -0.1) is 0 Å². The van der Waals surface area contributed by atoms with Gasteiger partial charge in [-0.3, -0.25) is 9.59 Å². The van der Waals surface area contributed by atoms with E-state index in [1.165, 1.54) is 0 Å². The van der Waals surface area contributed by atoms with Crippen molar-refractivity contribution in [1.29, 1.82) is 0 Å². The van der Waals surface area contributed by atoms with Gasteiger partial charge in [0.05, 0.1) is 0 Å². The minimum absolute atomic E-state index is 0.0111. The lowest BCUT2D eigenvalue weighted by atomic mass is 9.96. The number of likely N-dealkylation sites (N-methyl/N-ethyl adjacent to an activating group) is 1. The van der Waals surface area contributed by atoms with Gasteiger partial charge >= 0.3 is 0 Å². The summed E-state index contributed by atoms with van der Waals surface area (Å²) in [6.45, 7) is 6.38. The fraction of sp³-hybridized carbons (Fsp3) is 0.571. The van der Waals surface area contributed by atoms with E-state index in [0.717, 1.165) is 29.8 Å². The van der Waals surface area contributed by atoms with Gasteiger partial charge in [0.1, 0.15) is 6.04 Å². The topological polar surface area (TPSA) is 51.1 Å². The van der Waals surface area contributed by atoms with Crippen LogP contribution in [0.15, 0.2) is 6.07 Å². The highest BCUT2D eigenvalue weighted by atomic mass is 16.2. The van der Waals surface area contributed by atoms with Crippen molar-refractivity contribution in [3.8, 4) is 0 Å². The first kappa shape index (κ1) is 12.9. The molecule has 4 nitrogen and oxygen atoms in total. The molecule has 0 saturated heterocycles. The summed E-state index contributed by atoms with van der Waals surface area (Å²) < 4.78 is 2.01. The second kappa shape index (κ2) is 4.96. The summed E-state index contributed by atoms with van der Waals surface area (Å²) in [6, 6.07) is 1.67. The van der Waals surface area contributed by atoms with E-state index in [1.807, 2.05) is 31.4 Å². The third-order valence-corrected chi connectivity index (χ3v) is 3.57. The van der Waals surface area contributed by atoms with Gasteiger partial charge in [-0.25, -0.2) is 0 Å². The molecule has 1 N–H and O–H groups in total. The highest BCUT2D eigenvalue weighted by molar-refractivity contribution is 5.98. The number of ketones is 1. The number of amides is 1. The van der Waals surface area contributed by atoms with E-state index in [4.69, 9.17) is 0 Å². The van der Waals surface area contributed by atoms with Crippen LogP contribution in [-0.4, -0.2) is 22.8 Å². The first-order chi connectivity index (χ1) is 8.56. The molecule has 1 atom stereocenters. The third kappa shape index (κ3) is 2.07. The predicted octanol–water partition coefficient (Wildman–Crippen LogP) is 2.01. The van der Waals surface area contributed by atoms with Gasteiger partial charge in [0.15, 0.2) is 5.78 Å². The second-order valence-corrected chi connectivity index (χ2v) is 4.86. The fourth-order valence-electron chi connectivity index (χ4n) is 2.73. The standard InChI is InChI=1S/C14H20N2O2/c1-4-15-14(18)10(3)16-9(2)8-11-12(16)6-5-7-13(11)17/h8,10H,4-7H2,1-3H3,(H,15,18). The number of rotatable bonds is 3. The number of nitrogens with zero attached hydrogens (tertiary/aromatic N) is 1. The molecule has 1 aromatic heterocycles. The lowest BCUT2D eigenvalue weighted by molar-refractivity contribution is -0.123. The normalized spacial score (nSPS) is 16.3. The zero-order chi connectivity index (χ0) is 13.3. The van der Waals surface area contributed by atoms with Crippen molar-refractivity contribution >= 4 is 11.7 Å². The molecular formula is C14H20N2O2. The Labute approximate surface area is 107 Å². The van der Waals surface area contributed by atoms with Crippen LogP contribution in [0, 0.1) is 6.92 Å². The molecule has 1 aliphatic rings. The number of Topliss-reactive ketones (excluding diaryl/α,β-unsaturated/α-hetero) is 1. The number of hydrogen-bond acceptors (Lipinski definition) is 2. The third-order valence-electron chi connectivity index (χ3n) is 3.57. The van der Waals surface area contributed by atoms with Gasteiger partial charge in [-0.2, -0.15) is 0 Å². The molecule has 1 heterocycles. The van der Waals surface area contributed by atoms with Crippen LogP contribution < -0.4 is 5.32 Å². The summed E-state index contributed by atoms with van der Waals surface area (Å²) in [5, 5.41) is 2.83. The minimum atomic E-state index is -0.250. The molecule has 0 fully saturated rings. The molecule has 4 heteroatoms. The maximum atomic E-state index is 11.9. The van der Waals surface area contributed by atoms with E-state index in [2.05, 4.69) is 5.32 Å². The zero-order valence-electron chi connectivity index (χ0n) is 11.2. The Hall–Kier alpha value is -1.58. The van der Waals surface area contributed by atoms with Crippen molar-refractivity contribution in [2.45, 2.75) is 46.1 Å². The largest absolute Gasteiger partial charge is 0.355 e. The van der Waals surface area contributed by atoms with Crippen LogP contribution in [0.2, 0.25) is 0 Å². The quantitative estimate of drug-likeness (QED) is 0.889. The van der Waals surface area contributed by atoms with E-state index in [9.17, 15) is 9.59 Å². The average Bonchev–Trinajstić information content (AvgIpc) is 2.66. The maximum Gasteiger partial charge on any atom is 0.242 e. The number of carbonyl (C=O) groups excluding carboxylic acids is 2. The number of aromatic nitrogens is 1. The highest BCUT2D eigenvalue weighted by Crippen LogP contribution is 2.27. The van der Waals surface area contributed by atoms with E-state index in [-0.39, 0.29) is 17.7 Å². The van der Waals surface area contributed by atoms with Crippen LogP contribution in [0.4, 0.5) is 0 Å². The Morgan fingerprint density at radius 1 is 1.50 bits per heavy atom. The van der Waals surface area contributed by atoms with Gasteiger partial charge < -0.3 is 9.88 Å². The van der Waals surface area contributed by atoms with Crippen molar-refractivity contribution in [2.75, 3.05) is 6.54 Å². The van der Waals surface area contributed by atoms with Crippen molar-refractivity contribution in [3.63, 3.8) is 0 Å². The van der Waals surface area contributed by atoms with Crippen molar-refractivity contribution in [3.05, 3.63) is 23.0 Å². The van der Waals surface area contributed by atoms with E-state index in [1.54, 1.807) is 0 Å². The molecular weight excluding hydrogens is 228 g/mol. The SMILES string of the molecule is CCNC(=O)C(C)n1c(C)cc2c1CCCC2=O.